The van der Waals surface area contributed by atoms with Crippen LogP contribution >= 0.6 is 0 Å². The van der Waals surface area contributed by atoms with E-state index >= 15 is 0 Å². The average Bonchev–Trinajstić information content (AvgIpc) is 3.36. The minimum atomic E-state index is -1.23. The monoisotopic (exact) mass is 414 g/mol. The molecule has 0 atom stereocenters. The summed E-state index contributed by atoms with van der Waals surface area (Å²) in [4.78, 5) is 19.8. The molecule has 0 unspecified atom stereocenters. The first-order valence-electron chi connectivity index (χ1n) is 7.43. The molecule has 0 bridgehead atoms. The van der Waals surface area contributed by atoms with E-state index in [9.17, 15) is 19.8 Å². The molecule has 0 saturated carbocycles. The first kappa shape index (κ1) is 21.7. The Balaban J connectivity index is 0.000000201. The van der Waals surface area contributed by atoms with E-state index in [0.29, 0.717) is 0 Å². The molecule has 2 heterocycles. The van der Waals surface area contributed by atoms with E-state index in [1.54, 1.807) is 0 Å². The quantitative estimate of drug-likeness (QED) is 0.454. The van der Waals surface area contributed by atoms with Crippen LogP contribution in [0.25, 0.3) is 10.8 Å². The van der Waals surface area contributed by atoms with Gasteiger partial charge in [0.2, 0.25) is 0 Å². The Kier molecular flexibility index (Phi) is 9.12. The molecule has 0 spiro atoms. The Morgan fingerprint density at radius 1 is 0.667 bits per heavy atom. The summed E-state index contributed by atoms with van der Waals surface area (Å²) >= 11 is 0. The second kappa shape index (κ2) is 11.3. The number of carbonyl (C=O) groups excluding carboxylic acids is 2. The maximum absolute atomic E-state index is 9.88. The number of fused-ring (bicyclic) bond motifs is 1. The third-order valence-electron chi connectivity index (χ3n) is 3.10. The number of carbonyl (C=O) groups is 2. The normalized spacial score (nSPS) is 9.04. The Bertz CT molecular complexity index is 847. The van der Waals surface area contributed by atoms with Crippen LogP contribution in [-0.4, -0.2) is 32.3 Å². The molecule has 0 amide bonds. The van der Waals surface area contributed by atoms with Crippen molar-refractivity contribution in [2.45, 2.75) is 0 Å². The summed E-state index contributed by atoms with van der Waals surface area (Å²) in [7, 11) is 0. The zero-order valence-corrected chi connectivity index (χ0v) is 17.1. The van der Waals surface area contributed by atoms with Gasteiger partial charge in [0.15, 0.2) is 0 Å². The van der Waals surface area contributed by atoms with Crippen molar-refractivity contribution in [2.24, 2.45) is 0 Å². The molecular weight excluding hydrogens is 402 g/mol. The molecule has 0 aliphatic carbocycles. The maximum atomic E-state index is 9.88. The summed E-state index contributed by atoms with van der Waals surface area (Å²) < 4.78 is 0. The first-order valence-corrected chi connectivity index (χ1v) is 7.43. The van der Waals surface area contributed by atoms with Crippen molar-refractivity contribution < 1.29 is 39.3 Å². The van der Waals surface area contributed by atoms with Gasteiger partial charge in [-0.2, -0.15) is 10.2 Å². The molecule has 0 aliphatic heterocycles. The van der Waals surface area contributed by atoms with Crippen molar-refractivity contribution in [3.63, 3.8) is 0 Å². The number of nitrogens with one attached hydrogen (secondary N) is 2. The maximum Gasteiger partial charge on any atom is 2.00 e. The van der Waals surface area contributed by atoms with E-state index in [2.05, 4.69) is 68.9 Å². The number of carboxylic acid groups (broad SMARTS) is 2. The van der Waals surface area contributed by atoms with Gasteiger partial charge in [0.05, 0.1) is 23.3 Å². The van der Waals surface area contributed by atoms with E-state index in [0.717, 1.165) is 0 Å². The number of hydrogen-bond acceptors (Lipinski definition) is 6. The summed E-state index contributed by atoms with van der Waals surface area (Å²) in [6, 6.07) is 19.4. The van der Waals surface area contributed by atoms with Gasteiger partial charge in [-0.05, 0) is 22.9 Å². The van der Waals surface area contributed by atoms with Crippen molar-refractivity contribution in [3.05, 3.63) is 84.4 Å². The van der Waals surface area contributed by atoms with E-state index < -0.39 is 11.9 Å². The van der Waals surface area contributed by atoms with Crippen LogP contribution in [0, 0.1) is 0 Å². The van der Waals surface area contributed by atoms with Crippen LogP contribution in [0.5, 0.6) is 0 Å². The Labute approximate surface area is 167 Å². The Morgan fingerprint density at radius 3 is 1.19 bits per heavy atom. The number of benzene rings is 2. The first-order chi connectivity index (χ1) is 12.6. The fourth-order valence-corrected chi connectivity index (χ4v) is 1.87. The summed E-state index contributed by atoms with van der Waals surface area (Å²) in [5, 5.41) is 33.6. The smallest absolute Gasteiger partial charge is 0.543 e. The number of aromatic nitrogens is 4. The minimum absolute atomic E-state index is 0. The van der Waals surface area contributed by atoms with Gasteiger partial charge in [0.1, 0.15) is 0 Å². The van der Waals surface area contributed by atoms with Gasteiger partial charge >= 0.3 is 19.5 Å². The minimum Gasteiger partial charge on any atom is -0.543 e. The van der Waals surface area contributed by atoms with E-state index in [4.69, 9.17) is 0 Å². The van der Waals surface area contributed by atoms with Gasteiger partial charge in [-0.3, -0.25) is 10.2 Å². The average molecular weight is 416 g/mol. The van der Waals surface area contributed by atoms with E-state index in [1.165, 1.54) is 35.3 Å². The molecule has 132 valence electrons. The van der Waals surface area contributed by atoms with Gasteiger partial charge in [-0.15, -0.1) is 0 Å². The van der Waals surface area contributed by atoms with Crippen LogP contribution in [0.3, 0.4) is 0 Å². The molecule has 0 radical (unpaired) electrons. The predicted octanol–water partition coefficient (Wildman–Crippen LogP) is 0.384. The molecule has 4 aromatic rings. The number of rotatable bonds is 2. The number of hydrogen-bond donors (Lipinski definition) is 2. The van der Waals surface area contributed by atoms with E-state index in [-0.39, 0.29) is 30.9 Å². The largest absolute Gasteiger partial charge is 2.00 e. The van der Waals surface area contributed by atoms with Gasteiger partial charge < -0.3 is 19.8 Å². The van der Waals surface area contributed by atoms with Gasteiger partial charge in [0, 0.05) is 12.4 Å². The SMILES string of the molecule is O=C([O-])c1ccn[nH]1.O=C([O-])c1ccn[nH]1.[Zn+2].c1ccc2ccccc2c1. The van der Waals surface area contributed by atoms with Gasteiger partial charge in [-0.25, -0.2) is 0 Å². The summed E-state index contributed by atoms with van der Waals surface area (Å²) in [6.07, 6.45) is 2.70. The number of carboxylic acids is 2. The zero-order chi connectivity index (χ0) is 18.8. The zero-order valence-electron chi connectivity index (χ0n) is 14.2. The molecule has 8 nitrogen and oxygen atoms in total. The molecule has 0 fully saturated rings. The second-order valence-corrected chi connectivity index (χ2v) is 4.86. The van der Waals surface area contributed by atoms with Crippen molar-refractivity contribution in [1.29, 1.82) is 0 Å². The molecule has 0 aliphatic rings. The number of nitrogens with zero attached hydrogens (tertiary/aromatic N) is 2. The topological polar surface area (TPSA) is 138 Å². The van der Waals surface area contributed by atoms with Crippen molar-refractivity contribution in [3.8, 4) is 0 Å². The predicted molar refractivity (Wildman–Crippen MR) is 89.8 cm³/mol. The van der Waals surface area contributed by atoms with Crippen LogP contribution in [0.2, 0.25) is 0 Å². The fourth-order valence-electron chi connectivity index (χ4n) is 1.87. The summed E-state index contributed by atoms with van der Waals surface area (Å²) in [5.41, 5.74) is 0.00926. The van der Waals surface area contributed by atoms with Crippen LogP contribution in [0.1, 0.15) is 21.0 Å². The fraction of sp³-hybridized carbons (Fsp3) is 0. The number of aromatic carboxylic acids is 2. The second-order valence-electron chi connectivity index (χ2n) is 4.86. The van der Waals surface area contributed by atoms with Crippen LogP contribution in [0.4, 0.5) is 0 Å². The molecular formula is C18H14N4O4Zn. The van der Waals surface area contributed by atoms with Gasteiger partial charge in [0.25, 0.3) is 0 Å². The summed E-state index contributed by atoms with van der Waals surface area (Å²) in [5.74, 6) is -2.47. The third kappa shape index (κ3) is 7.21. The van der Waals surface area contributed by atoms with Gasteiger partial charge in [-0.1, -0.05) is 48.5 Å². The Hall–Kier alpha value is -3.32. The number of aromatic amines is 2. The molecule has 2 N–H and O–H groups in total. The van der Waals surface area contributed by atoms with Crippen LogP contribution < -0.4 is 10.2 Å². The Morgan fingerprint density at radius 2 is 1.00 bits per heavy atom. The summed E-state index contributed by atoms with van der Waals surface area (Å²) in [6.45, 7) is 0. The van der Waals surface area contributed by atoms with Crippen molar-refractivity contribution >= 4 is 22.7 Å². The van der Waals surface area contributed by atoms with E-state index in [1.807, 2.05) is 0 Å². The third-order valence-corrected chi connectivity index (χ3v) is 3.10. The molecule has 4 rings (SSSR count). The van der Waals surface area contributed by atoms with Crippen LogP contribution in [-0.2, 0) is 19.5 Å². The van der Waals surface area contributed by atoms with Crippen molar-refractivity contribution in [2.75, 3.05) is 0 Å². The van der Waals surface area contributed by atoms with Crippen LogP contribution in [0.15, 0.2) is 73.1 Å². The molecule has 0 saturated heterocycles. The molecule has 9 heteroatoms. The number of H-pyrrole nitrogens is 2. The molecule has 2 aromatic carbocycles. The standard InChI is InChI=1S/C10H8.2C4H4N2O2.Zn/c1-2-6-10-8-4-3-7-9(10)5-1;2*7-4(8)3-1-2-5-6-3;/h1-8H;2*1-2H,(H,5,6)(H,7,8);/q;;;+2/p-2. The molecule has 2 aromatic heterocycles. The molecule has 27 heavy (non-hydrogen) atoms. The van der Waals surface area contributed by atoms with Crippen molar-refractivity contribution in [1.82, 2.24) is 20.4 Å².